The quantitative estimate of drug-likeness (QED) is 0.772. The second-order valence-electron chi connectivity index (χ2n) is 4.64. The van der Waals surface area contributed by atoms with Crippen LogP contribution in [0.4, 0.5) is 0 Å². The van der Waals surface area contributed by atoms with Crippen molar-refractivity contribution >= 4 is 5.91 Å². The molecule has 1 atom stereocenters. The summed E-state index contributed by atoms with van der Waals surface area (Å²) in [6.45, 7) is 0.453. The van der Waals surface area contributed by atoms with E-state index in [2.05, 4.69) is 5.32 Å². The highest BCUT2D eigenvalue weighted by atomic mass is 16.3. The molecule has 0 spiro atoms. The number of phenolic OH excluding ortho intramolecular Hbond substituents is 1. The van der Waals surface area contributed by atoms with E-state index in [-0.39, 0.29) is 11.7 Å². The third kappa shape index (κ3) is 3.83. The SMILES string of the molecule is NC(Cc1ccccc1O)C(=O)NCc1ccccc1. The number of rotatable bonds is 5. The predicted molar refractivity (Wildman–Crippen MR) is 78.1 cm³/mol. The fourth-order valence-electron chi connectivity index (χ4n) is 1.93. The molecule has 2 rings (SSSR count). The van der Waals surface area contributed by atoms with Gasteiger partial charge in [0.2, 0.25) is 5.91 Å². The molecule has 0 radical (unpaired) electrons. The molecule has 0 aromatic heterocycles. The Balaban J connectivity index is 1.88. The van der Waals surface area contributed by atoms with Crippen LogP contribution < -0.4 is 11.1 Å². The van der Waals surface area contributed by atoms with Crippen molar-refractivity contribution in [3.63, 3.8) is 0 Å². The molecule has 0 aliphatic rings. The Hall–Kier alpha value is -2.33. The van der Waals surface area contributed by atoms with Gasteiger partial charge < -0.3 is 16.2 Å². The molecule has 4 nitrogen and oxygen atoms in total. The molecule has 0 aliphatic carbocycles. The van der Waals surface area contributed by atoms with E-state index in [0.717, 1.165) is 5.56 Å². The van der Waals surface area contributed by atoms with E-state index in [1.54, 1.807) is 18.2 Å². The molecule has 104 valence electrons. The second-order valence-corrected chi connectivity index (χ2v) is 4.64. The third-order valence-corrected chi connectivity index (χ3v) is 3.08. The molecule has 2 aromatic rings. The lowest BCUT2D eigenvalue weighted by atomic mass is 10.0. The molecule has 2 aromatic carbocycles. The minimum absolute atomic E-state index is 0.166. The molecule has 0 fully saturated rings. The summed E-state index contributed by atoms with van der Waals surface area (Å²) in [7, 11) is 0. The normalized spacial score (nSPS) is 11.8. The first-order valence-electron chi connectivity index (χ1n) is 6.51. The van der Waals surface area contributed by atoms with Crippen LogP contribution in [0.3, 0.4) is 0 Å². The summed E-state index contributed by atoms with van der Waals surface area (Å²) >= 11 is 0. The van der Waals surface area contributed by atoms with Crippen LogP contribution >= 0.6 is 0 Å². The Morgan fingerprint density at radius 2 is 1.75 bits per heavy atom. The van der Waals surface area contributed by atoms with E-state index in [9.17, 15) is 9.90 Å². The lowest BCUT2D eigenvalue weighted by Crippen LogP contribution is -2.41. The molecule has 1 amide bonds. The van der Waals surface area contributed by atoms with Crippen LogP contribution in [0.25, 0.3) is 0 Å². The molecule has 4 heteroatoms. The first-order valence-corrected chi connectivity index (χ1v) is 6.51. The van der Waals surface area contributed by atoms with Crippen LogP contribution in [0.15, 0.2) is 54.6 Å². The number of benzene rings is 2. The number of carbonyl (C=O) groups excluding carboxylic acids is 1. The van der Waals surface area contributed by atoms with Crippen LogP contribution in [-0.4, -0.2) is 17.1 Å². The highest BCUT2D eigenvalue weighted by molar-refractivity contribution is 5.81. The maximum absolute atomic E-state index is 11.9. The van der Waals surface area contributed by atoms with Crippen molar-refractivity contribution in [3.05, 3.63) is 65.7 Å². The van der Waals surface area contributed by atoms with Crippen LogP contribution in [-0.2, 0) is 17.8 Å². The number of aromatic hydroxyl groups is 1. The van der Waals surface area contributed by atoms with Crippen molar-refractivity contribution in [1.82, 2.24) is 5.32 Å². The van der Waals surface area contributed by atoms with Gasteiger partial charge in [0.15, 0.2) is 0 Å². The summed E-state index contributed by atoms with van der Waals surface area (Å²) in [4.78, 5) is 11.9. The Bertz CT molecular complexity index is 570. The van der Waals surface area contributed by atoms with Crippen molar-refractivity contribution in [2.45, 2.75) is 19.0 Å². The number of nitrogens with one attached hydrogen (secondary N) is 1. The summed E-state index contributed by atoms with van der Waals surface area (Å²) in [5.41, 5.74) is 7.56. The first-order chi connectivity index (χ1) is 9.66. The Morgan fingerprint density at radius 3 is 2.45 bits per heavy atom. The van der Waals surface area contributed by atoms with Gasteiger partial charge in [-0.3, -0.25) is 4.79 Å². The number of amides is 1. The maximum atomic E-state index is 11.9. The van der Waals surface area contributed by atoms with Gasteiger partial charge in [-0.25, -0.2) is 0 Å². The fraction of sp³-hybridized carbons (Fsp3) is 0.188. The van der Waals surface area contributed by atoms with E-state index >= 15 is 0 Å². The van der Waals surface area contributed by atoms with E-state index < -0.39 is 6.04 Å². The topological polar surface area (TPSA) is 75.3 Å². The average molecular weight is 270 g/mol. The van der Waals surface area contributed by atoms with Gasteiger partial charge in [-0.2, -0.15) is 0 Å². The van der Waals surface area contributed by atoms with Crippen LogP contribution in [0.5, 0.6) is 5.75 Å². The highest BCUT2D eigenvalue weighted by Crippen LogP contribution is 2.16. The standard InChI is InChI=1S/C16H18N2O2/c17-14(10-13-8-4-5-9-15(13)19)16(20)18-11-12-6-2-1-3-7-12/h1-9,14,19H,10-11,17H2,(H,18,20). The summed E-state index contributed by atoms with van der Waals surface area (Å²) < 4.78 is 0. The van der Waals surface area contributed by atoms with Crippen molar-refractivity contribution < 1.29 is 9.90 Å². The summed E-state index contributed by atoms with van der Waals surface area (Å²) in [6.07, 6.45) is 0.313. The number of carbonyl (C=O) groups is 1. The van der Waals surface area contributed by atoms with E-state index in [1.807, 2.05) is 36.4 Å². The summed E-state index contributed by atoms with van der Waals surface area (Å²) in [5.74, 6) is -0.0593. The van der Waals surface area contributed by atoms with Crippen molar-refractivity contribution in [2.75, 3.05) is 0 Å². The zero-order valence-electron chi connectivity index (χ0n) is 11.1. The Labute approximate surface area is 118 Å². The molecular weight excluding hydrogens is 252 g/mol. The fourth-order valence-corrected chi connectivity index (χ4v) is 1.93. The van der Waals surface area contributed by atoms with Gasteiger partial charge in [-0.05, 0) is 17.2 Å². The van der Waals surface area contributed by atoms with Gasteiger partial charge in [-0.15, -0.1) is 0 Å². The smallest absolute Gasteiger partial charge is 0.237 e. The number of phenols is 1. The molecular formula is C16H18N2O2. The number of nitrogens with two attached hydrogens (primary N) is 1. The summed E-state index contributed by atoms with van der Waals surface area (Å²) in [6, 6.07) is 15.9. The molecule has 0 bridgehead atoms. The molecule has 20 heavy (non-hydrogen) atoms. The second kappa shape index (κ2) is 6.73. The number of para-hydroxylation sites is 1. The Kier molecular flexibility index (Phi) is 4.74. The van der Waals surface area contributed by atoms with Crippen LogP contribution in [0.1, 0.15) is 11.1 Å². The monoisotopic (exact) mass is 270 g/mol. The largest absolute Gasteiger partial charge is 0.508 e. The van der Waals surface area contributed by atoms with E-state index in [1.165, 1.54) is 0 Å². The highest BCUT2D eigenvalue weighted by Gasteiger charge is 2.15. The van der Waals surface area contributed by atoms with Gasteiger partial charge in [0, 0.05) is 13.0 Å². The molecule has 0 aliphatic heterocycles. The van der Waals surface area contributed by atoms with Gasteiger partial charge in [0.05, 0.1) is 6.04 Å². The maximum Gasteiger partial charge on any atom is 0.237 e. The molecule has 0 saturated carbocycles. The van der Waals surface area contributed by atoms with Gasteiger partial charge in [-0.1, -0.05) is 48.5 Å². The Morgan fingerprint density at radius 1 is 1.10 bits per heavy atom. The van der Waals surface area contributed by atoms with Crippen molar-refractivity contribution in [1.29, 1.82) is 0 Å². The summed E-state index contributed by atoms with van der Waals surface area (Å²) in [5, 5.41) is 12.5. The number of hydrogen-bond donors (Lipinski definition) is 3. The zero-order chi connectivity index (χ0) is 14.4. The molecule has 0 saturated heterocycles. The van der Waals surface area contributed by atoms with Crippen LogP contribution in [0, 0.1) is 0 Å². The van der Waals surface area contributed by atoms with Crippen LogP contribution in [0.2, 0.25) is 0 Å². The van der Waals surface area contributed by atoms with Crippen molar-refractivity contribution in [3.8, 4) is 5.75 Å². The molecule has 0 heterocycles. The first kappa shape index (κ1) is 14.1. The average Bonchev–Trinajstić information content (AvgIpc) is 2.48. The number of hydrogen-bond acceptors (Lipinski definition) is 3. The minimum Gasteiger partial charge on any atom is -0.508 e. The van der Waals surface area contributed by atoms with E-state index in [4.69, 9.17) is 5.73 Å². The minimum atomic E-state index is -0.674. The van der Waals surface area contributed by atoms with Gasteiger partial charge in [0.1, 0.15) is 5.75 Å². The lowest BCUT2D eigenvalue weighted by Gasteiger charge is -2.13. The third-order valence-electron chi connectivity index (χ3n) is 3.08. The van der Waals surface area contributed by atoms with Crippen molar-refractivity contribution in [2.24, 2.45) is 5.73 Å². The van der Waals surface area contributed by atoms with E-state index in [0.29, 0.717) is 18.5 Å². The molecule has 1 unspecified atom stereocenters. The molecule has 4 N–H and O–H groups in total. The zero-order valence-corrected chi connectivity index (χ0v) is 11.1. The van der Waals surface area contributed by atoms with Gasteiger partial charge in [0.25, 0.3) is 0 Å². The van der Waals surface area contributed by atoms with Gasteiger partial charge >= 0.3 is 0 Å². The lowest BCUT2D eigenvalue weighted by molar-refractivity contribution is -0.122. The predicted octanol–water partition coefficient (Wildman–Crippen LogP) is 1.58.